The molecule has 7 heteroatoms. The standard InChI is InChI=1S/C12H12N6O/c1-18-16-12(15-17-18)14-11(19)10(8-13)7-9-5-3-2-4-6-9/h2-6,10H,7H2,1H3,(H,14,16,19). The number of amides is 1. The molecular weight excluding hydrogens is 244 g/mol. The van der Waals surface area contributed by atoms with E-state index in [1.165, 1.54) is 4.80 Å². The Morgan fingerprint density at radius 1 is 1.47 bits per heavy atom. The van der Waals surface area contributed by atoms with Gasteiger partial charge in [0.1, 0.15) is 5.92 Å². The van der Waals surface area contributed by atoms with E-state index >= 15 is 0 Å². The molecule has 0 radical (unpaired) electrons. The highest BCUT2D eigenvalue weighted by Gasteiger charge is 2.19. The van der Waals surface area contributed by atoms with Gasteiger partial charge in [0.05, 0.1) is 13.1 Å². The lowest BCUT2D eigenvalue weighted by Crippen LogP contribution is -2.24. The highest BCUT2D eigenvalue weighted by Crippen LogP contribution is 2.09. The molecule has 1 heterocycles. The van der Waals surface area contributed by atoms with Gasteiger partial charge >= 0.3 is 0 Å². The second kappa shape index (κ2) is 5.73. The van der Waals surface area contributed by atoms with Gasteiger partial charge in [-0.1, -0.05) is 35.4 Å². The lowest BCUT2D eigenvalue weighted by molar-refractivity contribution is -0.118. The van der Waals surface area contributed by atoms with Crippen molar-refractivity contribution >= 4 is 11.9 Å². The largest absolute Gasteiger partial charge is 0.291 e. The van der Waals surface area contributed by atoms with Gasteiger partial charge in [0.25, 0.3) is 5.95 Å². The zero-order valence-corrected chi connectivity index (χ0v) is 10.3. The number of anilines is 1. The molecule has 1 amide bonds. The van der Waals surface area contributed by atoms with Gasteiger partial charge in [-0.3, -0.25) is 10.1 Å². The fraction of sp³-hybridized carbons (Fsp3) is 0.250. The molecule has 96 valence electrons. The van der Waals surface area contributed by atoms with Gasteiger partial charge in [-0.15, -0.1) is 5.10 Å². The average molecular weight is 256 g/mol. The first-order valence-electron chi connectivity index (χ1n) is 5.67. The van der Waals surface area contributed by atoms with Crippen LogP contribution in [0.25, 0.3) is 0 Å². The molecule has 0 saturated carbocycles. The normalized spacial score (nSPS) is 11.6. The van der Waals surface area contributed by atoms with Gasteiger partial charge < -0.3 is 0 Å². The summed E-state index contributed by atoms with van der Waals surface area (Å²) < 4.78 is 0. The minimum absolute atomic E-state index is 0.0980. The summed E-state index contributed by atoms with van der Waals surface area (Å²) in [6.07, 6.45) is 0.351. The summed E-state index contributed by atoms with van der Waals surface area (Å²) in [6.45, 7) is 0. The summed E-state index contributed by atoms with van der Waals surface area (Å²) in [5.74, 6) is -1.12. The summed E-state index contributed by atoms with van der Waals surface area (Å²) in [6, 6.07) is 11.3. The molecule has 0 spiro atoms. The first-order valence-corrected chi connectivity index (χ1v) is 5.67. The minimum Gasteiger partial charge on any atom is -0.291 e. The Morgan fingerprint density at radius 3 is 2.79 bits per heavy atom. The molecule has 1 aromatic carbocycles. The number of carbonyl (C=O) groups is 1. The molecule has 7 nitrogen and oxygen atoms in total. The number of carbonyl (C=O) groups excluding carboxylic acids is 1. The van der Waals surface area contributed by atoms with Gasteiger partial charge in [0.2, 0.25) is 5.91 Å². The van der Waals surface area contributed by atoms with Crippen molar-refractivity contribution in [2.24, 2.45) is 13.0 Å². The van der Waals surface area contributed by atoms with Crippen molar-refractivity contribution in [3.8, 4) is 6.07 Å². The van der Waals surface area contributed by atoms with Gasteiger partial charge in [-0.2, -0.15) is 10.1 Å². The second-order valence-electron chi connectivity index (χ2n) is 3.96. The minimum atomic E-state index is -0.786. The first-order chi connectivity index (χ1) is 9.19. The summed E-state index contributed by atoms with van der Waals surface area (Å²) in [4.78, 5) is 13.1. The summed E-state index contributed by atoms with van der Waals surface area (Å²) in [5, 5.41) is 22.6. The first kappa shape index (κ1) is 12.7. The molecule has 0 aliphatic heterocycles. The number of nitrogens with one attached hydrogen (secondary N) is 1. The monoisotopic (exact) mass is 256 g/mol. The topological polar surface area (TPSA) is 96.5 Å². The van der Waals surface area contributed by atoms with E-state index in [9.17, 15) is 4.79 Å². The van der Waals surface area contributed by atoms with E-state index in [1.807, 2.05) is 36.4 Å². The average Bonchev–Trinajstić information content (AvgIpc) is 2.82. The Balaban J connectivity index is 2.02. The quantitative estimate of drug-likeness (QED) is 0.860. The number of hydrogen-bond acceptors (Lipinski definition) is 5. The molecule has 0 aliphatic carbocycles. The van der Waals surface area contributed by atoms with Crippen molar-refractivity contribution < 1.29 is 4.79 Å². The van der Waals surface area contributed by atoms with Crippen LogP contribution in [-0.2, 0) is 18.3 Å². The van der Waals surface area contributed by atoms with Crippen LogP contribution in [0.1, 0.15) is 5.56 Å². The zero-order valence-electron chi connectivity index (χ0n) is 10.3. The molecule has 2 rings (SSSR count). The van der Waals surface area contributed by atoms with Crippen molar-refractivity contribution in [2.45, 2.75) is 6.42 Å². The van der Waals surface area contributed by atoms with Crippen LogP contribution in [0.5, 0.6) is 0 Å². The van der Waals surface area contributed by atoms with E-state index in [2.05, 4.69) is 20.7 Å². The fourth-order valence-electron chi connectivity index (χ4n) is 1.58. The number of nitrogens with zero attached hydrogens (tertiary/aromatic N) is 5. The zero-order chi connectivity index (χ0) is 13.7. The van der Waals surface area contributed by atoms with Crippen molar-refractivity contribution in [3.63, 3.8) is 0 Å². The number of aryl methyl sites for hydroxylation is 1. The number of aromatic nitrogens is 4. The Hall–Kier alpha value is -2.75. The Labute approximate surface area is 109 Å². The second-order valence-corrected chi connectivity index (χ2v) is 3.96. The molecule has 0 bridgehead atoms. The molecule has 1 unspecified atom stereocenters. The lowest BCUT2D eigenvalue weighted by Gasteiger charge is -2.07. The Bertz CT molecular complexity index is 600. The molecular formula is C12H12N6O. The molecule has 1 aromatic heterocycles. The molecule has 0 saturated heterocycles. The van der Waals surface area contributed by atoms with Gasteiger partial charge in [-0.25, -0.2) is 0 Å². The van der Waals surface area contributed by atoms with E-state index < -0.39 is 11.8 Å². The number of rotatable bonds is 4. The van der Waals surface area contributed by atoms with Crippen LogP contribution in [0.2, 0.25) is 0 Å². The number of hydrogen-bond donors (Lipinski definition) is 1. The van der Waals surface area contributed by atoms with E-state index in [0.29, 0.717) is 6.42 Å². The maximum Gasteiger partial charge on any atom is 0.270 e. The predicted octanol–water partition coefficient (Wildman–Crippen LogP) is 0.531. The summed E-state index contributed by atoms with van der Waals surface area (Å²) >= 11 is 0. The SMILES string of the molecule is Cn1nnc(NC(=O)C(C#N)Cc2ccccc2)n1. The Morgan fingerprint density at radius 2 is 2.21 bits per heavy atom. The van der Waals surface area contributed by atoms with Crippen LogP contribution in [0.4, 0.5) is 5.95 Å². The molecule has 0 aliphatic rings. The molecule has 2 aromatic rings. The summed E-state index contributed by atoms with van der Waals surface area (Å²) in [7, 11) is 1.59. The third-order valence-electron chi connectivity index (χ3n) is 2.50. The van der Waals surface area contributed by atoms with Gasteiger partial charge in [-0.05, 0) is 17.2 Å². The summed E-state index contributed by atoms with van der Waals surface area (Å²) in [5.41, 5.74) is 0.927. The van der Waals surface area contributed by atoms with Crippen molar-refractivity contribution in [2.75, 3.05) is 5.32 Å². The third-order valence-corrected chi connectivity index (χ3v) is 2.50. The van der Waals surface area contributed by atoms with Crippen LogP contribution in [0.3, 0.4) is 0 Å². The van der Waals surface area contributed by atoms with E-state index in [-0.39, 0.29) is 5.95 Å². The molecule has 19 heavy (non-hydrogen) atoms. The number of tetrazole rings is 1. The third kappa shape index (κ3) is 3.35. The van der Waals surface area contributed by atoms with Crippen molar-refractivity contribution in [1.82, 2.24) is 20.2 Å². The highest BCUT2D eigenvalue weighted by molar-refractivity contribution is 5.92. The lowest BCUT2D eigenvalue weighted by atomic mass is 10.00. The Kier molecular flexibility index (Phi) is 3.83. The van der Waals surface area contributed by atoms with Gasteiger partial charge in [0.15, 0.2) is 0 Å². The van der Waals surface area contributed by atoms with Crippen LogP contribution in [0.15, 0.2) is 30.3 Å². The molecule has 1 N–H and O–H groups in total. The van der Waals surface area contributed by atoms with Crippen LogP contribution >= 0.6 is 0 Å². The van der Waals surface area contributed by atoms with E-state index in [0.717, 1.165) is 5.56 Å². The maximum atomic E-state index is 11.9. The van der Waals surface area contributed by atoms with E-state index in [1.54, 1.807) is 7.05 Å². The smallest absolute Gasteiger partial charge is 0.270 e. The van der Waals surface area contributed by atoms with Crippen LogP contribution in [-0.4, -0.2) is 26.1 Å². The van der Waals surface area contributed by atoms with Gasteiger partial charge in [0, 0.05) is 0 Å². The highest BCUT2D eigenvalue weighted by atomic mass is 16.2. The maximum absolute atomic E-state index is 11.9. The number of benzene rings is 1. The molecule has 0 fully saturated rings. The van der Waals surface area contributed by atoms with Crippen molar-refractivity contribution in [1.29, 1.82) is 5.26 Å². The molecule has 1 atom stereocenters. The van der Waals surface area contributed by atoms with E-state index in [4.69, 9.17) is 5.26 Å². The van der Waals surface area contributed by atoms with Crippen LogP contribution < -0.4 is 5.32 Å². The van der Waals surface area contributed by atoms with Crippen LogP contribution in [0, 0.1) is 17.2 Å². The predicted molar refractivity (Wildman–Crippen MR) is 66.7 cm³/mol. The van der Waals surface area contributed by atoms with Crippen molar-refractivity contribution in [3.05, 3.63) is 35.9 Å². The fourth-order valence-corrected chi connectivity index (χ4v) is 1.58. The number of nitriles is 1.